The van der Waals surface area contributed by atoms with E-state index in [4.69, 9.17) is 0 Å². The summed E-state index contributed by atoms with van der Waals surface area (Å²) in [5.41, 5.74) is 2.55. The summed E-state index contributed by atoms with van der Waals surface area (Å²) in [6, 6.07) is 19.3. The molecule has 1 saturated heterocycles. The van der Waals surface area contributed by atoms with Crippen LogP contribution in [0.4, 0.5) is 0 Å². The number of aromatic nitrogens is 2. The van der Waals surface area contributed by atoms with Crippen molar-refractivity contribution in [2.24, 2.45) is 0 Å². The highest BCUT2D eigenvalue weighted by atomic mass is 16.2. The number of hydrogen-bond acceptors (Lipinski definition) is 3. The third-order valence-corrected chi connectivity index (χ3v) is 5.88. The van der Waals surface area contributed by atoms with Gasteiger partial charge < -0.3 is 14.4 Å². The summed E-state index contributed by atoms with van der Waals surface area (Å²) in [5.74, 6) is 0.101. The minimum atomic E-state index is -0.0517. The minimum absolute atomic E-state index is 0.000684. The number of nitrogens with zero attached hydrogens (tertiary/aromatic N) is 4. The molecule has 2 amide bonds. The summed E-state index contributed by atoms with van der Waals surface area (Å²) >= 11 is 0. The molecule has 3 aromatic rings. The van der Waals surface area contributed by atoms with Gasteiger partial charge in [0, 0.05) is 25.5 Å². The van der Waals surface area contributed by atoms with Gasteiger partial charge in [-0.05, 0) is 29.8 Å². The first-order valence-corrected chi connectivity index (χ1v) is 9.90. The molecule has 1 fully saturated rings. The van der Waals surface area contributed by atoms with Gasteiger partial charge in [-0.15, -0.1) is 0 Å². The van der Waals surface area contributed by atoms with Gasteiger partial charge in [-0.2, -0.15) is 0 Å². The van der Waals surface area contributed by atoms with Crippen molar-refractivity contribution in [3.63, 3.8) is 0 Å². The molecule has 0 radical (unpaired) electrons. The van der Waals surface area contributed by atoms with E-state index in [0.29, 0.717) is 31.7 Å². The van der Waals surface area contributed by atoms with E-state index in [9.17, 15) is 9.59 Å². The van der Waals surface area contributed by atoms with Crippen molar-refractivity contribution in [1.82, 2.24) is 19.4 Å². The standard InChI is InChI=1S/C23H22N4O2/c28-22(13-17-7-2-1-3-8-17)25-15-20-21(16-25)27(14-18-9-4-5-11-24-18)23(29)19-10-6-12-26(19)20/h1-12,20-21H,13-16H2/t20-,21+/m1/s1. The van der Waals surface area contributed by atoms with Crippen molar-refractivity contribution < 1.29 is 9.59 Å². The van der Waals surface area contributed by atoms with Crippen molar-refractivity contribution >= 4 is 11.8 Å². The Kier molecular flexibility index (Phi) is 4.39. The van der Waals surface area contributed by atoms with Gasteiger partial charge in [-0.3, -0.25) is 14.6 Å². The average Bonchev–Trinajstić information content (AvgIpc) is 3.40. The van der Waals surface area contributed by atoms with Crippen molar-refractivity contribution in [2.45, 2.75) is 25.0 Å². The van der Waals surface area contributed by atoms with Crippen LogP contribution in [-0.4, -0.2) is 50.3 Å². The predicted octanol–water partition coefficient (Wildman–Crippen LogP) is 2.53. The Morgan fingerprint density at radius 2 is 1.76 bits per heavy atom. The normalized spacial score (nSPS) is 20.5. The van der Waals surface area contributed by atoms with Crippen molar-refractivity contribution in [2.75, 3.05) is 13.1 Å². The lowest BCUT2D eigenvalue weighted by atomic mass is 10.1. The van der Waals surface area contributed by atoms with E-state index in [1.165, 1.54) is 0 Å². The monoisotopic (exact) mass is 386 g/mol. The smallest absolute Gasteiger partial charge is 0.271 e. The lowest BCUT2D eigenvalue weighted by Gasteiger charge is -2.37. The van der Waals surface area contributed by atoms with E-state index in [2.05, 4.69) is 4.98 Å². The number of fused-ring (bicyclic) bond motifs is 3. The van der Waals surface area contributed by atoms with Gasteiger partial charge in [0.05, 0.1) is 30.7 Å². The molecule has 1 aromatic carbocycles. The number of pyridine rings is 1. The Hall–Kier alpha value is -3.41. The minimum Gasteiger partial charge on any atom is -0.338 e. The molecular weight excluding hydrogens is 364 g/mol. The van der Waals surface area contributed by atoms with Crippen LogP contribution in [0.25, 0.3) is 0 Å². The van der Waals surface area contributed by atoms with Gasteiger partial charge in [0.2, 0.25) is 5.91 Å². The molecule has 0 spiro atoms. The Labute approximate surface area is 169 Å². The highest BCUT2D eigenvalue weighted by Gasteiger charge is 2.46. The summed E-state index contributed by atoms with van der Waals surface area (Å²) < 4.78 is 2.04. The molecule has 0 unspecified atom stereocenters. The van der Waals surface area contributed by atoms with Gasteiger partial charge in [0.25, 0.3) is 5.91 Å². The van der Waals surface area contributed by atoms with E-state index >= 15 is 0 Å². The molecule has 2 aliphatic heterocycles. The second-order valence-electron chi connectivity index (χ2n) is 7.65. The van der Waals surface area contributed by atoms with Crippen LogP contribution < -0.4 is 0 Å². The predicted molar refractivity (Wildman–Crippen MR) is 108 cm³/mol. The molecule has 0 saturated carbocycles. The SMILES string of the molecule is O=C(Cc1ccccc1)N1C[C@@H]2[C@H](C1)N(Cc1ccccn1)C(=O)c1cccn12. The zero-order valence-corrected chi connectivity index (χ0v) is 16.0. The first kappa shape index (κ1) is 17.7. The van der Waals surface area contributed by atoms with E-state index < -0.39 is 0 Å². The molecular formula is C23H22N4O2. The Morgan fingerprint density at radius 1 is 0.966 bits per heavy atom. The Morgan fingerprint density at radius 3 is 2.55 bits per heavy atom. The third kappa shape index (κ3) is 3.20. The van der Waals surface area contributed by atoms with Crippen LogP contribution in [-0.2, 0) is 17.8 Å². The Balaban J connectivity index is 1.41. The molecule has 0 N–H and O–H groups in total. The molecule has 2 aliphatic rings. The fourth-order valence-electron chi connectivity index (χ4n) is 4.45. The molecule has 5 rings (SSSR count). The first-order valence-electron chi connectivity index (χ1n) is 9.90. The maximum Gasteiger partial charge on any atom is 0.271 e. The van der Waals surface area contributed by atoms with Crippen LogP contribution in [0.5, 0.6) is 0 Å². The third-order valence-electron chi connectivity index (χ3n) is 5.88. The molecule has 146 valence electrons. The zero-order chi connectivity index (χ0) is 19.8. The molecule has 6 nitrogen and oxygen atoms in total. The summed E-state index contributed by atoms with van der Waals surface area (Å²) in [5, 5.41) is 0. The zero-order valence-electron chi connectivity index (χ0n) is 16.0. The molecule has 2 atom stereocenters. The average molecular weight is 386 g/mol. The summed E-state index contributed by atoms with van der Waals surface area (Å²) in [6.45, 7) is 1.61. The van der Waals surface area contributed by atoms with Crippen molar-refractivity contribution in [3.8, 4) is 0 Å². The maximum atomic E-state index is 13.2. The molecule has 6 heteroatoms. The summed E-state index contributed by atoms with van der Waals surface area (Å²) in [6.07, 6.45) is 4.08. The maximum absolute atomic E-state index is 13.2. The van der Waals surface area contributed by atoms with Gasteiger partial charge in [-0.1, -0.05) is 36.4 Å². The molecule has 0 aliphatic carbocycles. The topological polar surface area (TPSA) is 58.4 Å². The number of amides is 2. The van der Waals surface area contributed by atoms with E-state index in [-0.39, 0.29) is 23.9 Å². The van der Waals surface area contributed by atoms with Crippen LogP contribution in [0.1, 0.15) is 27.8 Å². The van der Waals surface area contributed by atoms with E-state index in [1.807, 2.05) is 81.2 Å². The van der Waals surface area contributed by atoms with Gasteiger partial charge in [0.15, 0.2) is 0 Å². The van der Waals surface area contributed by atoms with Gasteiger partial charge in [-0.25, -0.2) is 0 Å². The van der Waals surface area contributed by atoms with Crippen LogP contribution in [0.15, 0.2) is 73.1 Å². The van der Waals surface area contributed by atoms with Crippen LogP contribution in [0, 0.1) is 0 Å². The molecule has 2 aromatic heterocycles. The lowest BCUT2D eigenvalue weighted by Crippen LogP contribution is -2.50. The van der Waals surface area contributed by atoms with Crippen molar-refractivity contribution in [1.29, 1.82) is 0 Å². The first-order chi connectivity index (χ1) is 14.2. The number of likely N-dealkylation sites (tertiary alicyclic amines) is 1. The van der Waals surface area contributed by atoms with Crippen LogP contribution >= 0.6 is 0 Å². The fraction of sp³-hybridized carbons (Fsp3) is 0.261. The molecule has 29 heavy (non-hydrogen) atoms. The van der Waals surface area contributed by atoms with Gasteiger partial charge in [0.1, 0.15) is 5.69 Å². The van der Waals surface area contributed by atoms with Crippen molar-refractivity contribution in [3.05, 3.63) is 90.0 Å². The van der Waals surface area contributed by atoms with Gasteiger partial charge >= 0.3 is 0 Å². The quantitative estimate of drug-likeness (QED) is 0.692. The number of carbonyl (C=O) groups excluding carboxylic acids is 2. The highest BCUT2D eigenvalue weighted by molar-refractivity contribution is 5.94. The second-order valence-corrected chi connectivity index (χ2v) is 7.65. The largest absolute Gasteiger partial charge is 0.338 e. The van der Waals surface area contributed by atoms with Crippen LogP contribution in [0.2, 0.25) is 0 Å². The highest BCUT2D eigenvalue weighted by Crippen LogP contribution is 2.34. The van der Waals surface area contributed by atoms with E-state index in [0.717, 1.165) is 11.3 Å². The number of benzene rings is 1. The number of hydrogen-bond donors (Lipinski definition) is 0. The molecule has 0 bridgehead atoms. The number of rotatable bonds is 4. The summed E-state index contributed by atoms with van der Waals surface area (Å²) in [7, 11) is 0. The van der Waals surface area contributed by atoms with E-state index in [1.54, 1.807) is 6.20 Å². The second kappa shape index (κ2) is 7.20. The number of carbonyl (C=O) groups is 2. The summed E-state index contributed by atoms with van der Waals surface area (Å²) in [4.78, 5) is 34.3. The lowest BCUT2D eigenvalue weighted by molar-refractivity contribution is -0.129. The fourth-order valence-corrected chi connectivity index (χ4v) is 4.45. The van der Waals surface area contributed by atoms with Crippen LogP contribution in [0.3, 0.4) is 0 Å². The Bertz CT molecular complexity index is 1030. The molecule has 4 heterocycles.